The molecule has 1 unspecified atom stereocenters. The zero-order chi connectivity index (χ0) is 19.6. The summed E-state index contributed by atoms with van der Waals surface area (Å²) in [5.41, 5.74) is 0.799. The number of pyridine rings is 1. The number of ether oxygens (including phenoxy) is 1. The van der Waals surface area contributed by atoms with E-state index in [2.05, 4.69) is 22.0 Å². The number of rotatable bonds is 4. The van der Waals surface area contributed by atoms with Gasteiger partial charge in [0.15, 0.2) is 6.04 Å². The first-order chi connectivity index (χ1) is 13.6. The number of nitrogens with zero attached hydrogens (tertiary/aromatic N) is 3. The van der Waals surface area contributed by atoms with Crippen LogP contribution in [0.4, 0.5) is 0 Å². The van der Waals surface area contributed by atoms with Gasteiger partial charge in [-0.25, -0.2) is 4.79 Å². The van der Waals surface area contributed by atoms with E-state index in [0.717, 1.165) is 19.6 Å². The number of piperidine rings is 1. The number of carbonyl (C=O) groups is 2. The van der Waals surface area contributed by atoms with Gasteiger partial charge in [0.25, 0.3) is 5.91 Å². The van der Waals surface area contributed by atoms with Crippen LogP contribution in [0.3, 0.4) is 0 Å². The second-order valence-corrected chi connectivity index (χ2v) is 7.28. The molecule has 1 amide bonds. The van der Waals surface area contributed by atoms with Crippen LogP contribution < -0.4 is 0 Å². The van der Waals surface area contributed by atoms with Gasteiger partial charge in [-0.15, -0.1) is 0 Å². The summed E-state index contributed by atoms with van der Waals surface area (Å²) in [5, 5.41) is 9.64. The summed E-state index contributed by atoms with van der Waals surface area (Å²) >= 11 is 0. The van der Waals surface area contributed by atoms with E-state index < -0.39 is 17.7 Å². The third kappa shape index (κ3) is 3.50. The molecule has 4 rings (SSSR count). The van der Waals surface area contributed by atoms with Gasteiger partial charge >= 0.3 is 5.97 Å². The summed E-state index contributed by atoms with van der Waals surface area (Å²) in [6, 6.07) is 12.5. The van der Waals surface area contributed by atoms with Gasteiger partial charge in [-0.05, 0) is 17.7 Å². The molecule has 1 aromatic heterocycles. The molecule has 7 nitrogen and oxygen atoms in total. The molecule has 1 N–H and O–H groups in total. The highest BCUT2D eigenvalue weighted by atomic mass is 16.5. The van der Waals surface area contributed by atoms with E-state index in [4.69, 9.17) is 4.74 Å². The molecule has 1 spiro atoms. The van der Waals surface area contributed by atoms with Crippen molar-refractivity contribution < 1.29 is 19.4 Å². The summed E-state index contributed by atoms with van der Waals surface area (Å²) in [7, 11) is 0. The Morgan fingerprint density at radius 2 is 1.79 bits per heavy atom. The van der Waals surface area contributed by atoms with Crippen LogP contribution in [0.2, 0.25) is 0 Å². The van der Waals surface area contributed by atoms with Crippen molar-refractivity contribution in [1.82, 2.24) is 14.8 Å². The van der Waals surface area contributed by atoms with Crippen molar-refractivity contribution in [2.45, 2.75) is 31.2 Å². The molecule has 0 bridgehead atoms. The Morgan fingerprint density at radius 3 is 2.43 bits per heavy atom. The van der Waals surface area contributed by atoms with Crippen LogP contribution in [0.25, 0.3) is 0 Å². The van der Waals surface area contributed by atoms with Crippen LogP contribution in [0, 0.1) is 0 Å². The normalized spacial score (nSPS) is 21.7. The third-order valence-electron chi connectivity index (χ3n) is 5.58. The molecule has 2 aromatic rings. The predicted octanol–water partition coefficient (Wildman–Crippen LogP) is 2.00. The molecule has 0 saturated carbocycles. The quantitative estimate of drug-likeness (QED) is 0.872. The maximum atomic E-state index is 13.1. The van der Waals surface area contributed by atoms with E-state index in [9.17, 15) is 14.7 Å². The molecular weight excluding hydrogens is 358 g/mol. The van der Waals surface area contributed by atoms with Crippen LogP contribution in [0.1, 0.15) is 28.8 Å². The van der Waals surface area contributed by atoms with E-state index >= 15 is 0 Å². The fourth-order valence-corrected chi connectivity index (χ4v) is 4.09. The monoisotopic (exact) mass is 381 g/mol. The van der Waals surface area contributed by atoms with Gasteiger partial charge in [-0.2, -0.15) is 0 Å². The number of aliphatic carboxylic acids is 1. The van der Waals surface area contributed by atoms with E-state index in [-0.39, 0.29) is 12.5 Å². The lowest BCUT2D eigenvalue weighted by atomic mass is 9.96. The Morgan fingerprint density at radius 1 is 1.11 bits per heavy atom. The number of amides is 1. The highest BCUT2D eigenvalue weighted by Crippen LogP contribution is 2.38. The molecule has 2 aliphatic heterocycles. The number of aromatic nitrogens is 1. The molecule has 7 heteroatoms. The van der Waals surface area contributed by atoms with Crippen molar-refractivity contribution in [2.75, 3.05) is 19.7 Å². The van der Waals surface area contributed by atoms with Crippen molar-refractivity contribution in [1.29, 1.82) is 0 Å². The molecule has 28 heavy (non-hydrogen) atoms. The molecule has 1 atom stereocenters. The fourth-order valence-electron chi connectivity index (χ4n) is 4.09. The van der Waals surface area contributed by atoms with Gasteiger partial charge in [-0.3, -0.25) is 19.6 Å². The highest BCUT2D eigenvalue weighted by Gasteiger charge is 2.54. The topological polar surface area (TPSA) is 83.0 Å². The first kappa shape index (κ1) is 18.6. The van der Waals surface area contributed by atoms with E-state index in [1.54, 1.807) is 12.1 Å². The average Bonchev–Trinajstić information content (AvgIpc) is 3.10. The first-order valence-electron chi connectivity index (χ1n) is 9.46. The smallest absolute Gasteiger partial charge is 0.328 e. The molecule has 2 aliphatic rings. The van der Waals surface area contributed by atoms with Gasteiger partial charge in [0.1, 0.15) is 5.72 Å². The fraction of sp³-hybridized carbons (Fsp3) is 0.381. The minimum absolute atomic E-state index is 0.0187. The molecule has 146 valence electrons. The largest absolute Gasteiger partial charge is 0.480 e. The number of carboxylic acids is 1. The maximum Gasteiger partial charge on any atom is 0.328 e. The van der Waals surface area contributed by atoms with Gasteiger partial charge in [0.05, 0.1) is 6.61 Å². The van der Waals surface area contributed by atoms with Crippen LogP contribution in [0.5, 0.6) is 0 Å². The van der Waals surface area contributed by atoms with Crippen LogP contribution in [-0.2, 0) is 16.1 Å². The summed E-state index contributed by atoms with van der Waals surface area (Å²) in [6.45, 7) is 2.32. The van der Waals surface area contributed by atoms with Crippen molar-refractivity contribution >= 4 is 11.9 Å². The van der Waals surface area contributed by atoms with Crippen molar-refractivity contribution in [2.24, 2.45) is 0 Å². The second-order valence-electron chi connectivity index (χ2n) is 7.28. The molecule has 0 aliphatic carbocycles. The lowest BCUT2D eigenvalue weighted by Crippen LogP contribution is -2.58. The molecule has 2 fully saturated rings. The molecule has 1 aromatic carbocycles. The molecule has 0 radical (unpaired) electrons. The summed E-state index contributed by atoms with van der Waals surface area (Å²) < 4.78 is 5.99. The minimum atomic E-state index is -1.04. The van der Waals surface area contributed by atoms with E-state index in [0.29, 0.717) is 18.4 Å². The number of benzene rings is 1. The van der Waals surface area contributed by atoms with Crippen molar-refractivity contribution in [3.63, 3.8) is 0 Å². The lowest BCUT2D eigenvalue weighted by molar-refractivity contribution is -0.144. The highest BCUT2D eigenvalue weighted by molar-refractivity contribution is 5.97. The predicted molar refractivity (Wildman–Crippen MR) is 101 cm³/mol. The maximum absolute atomic E-state index is 13.1. The average molecular weight is 381 g/mol. The summed E-state index contributed by atoms with van der Waals surface area (Å²) in [5.74, 6) is -1.35. The van der Waals surface area contributed by atoms with Gasteiger partial charge < -0.3 is 9.84 Å². The minimum Gasteiger partial charge on any atom is -0.480 e. The van der Waals surface area contributed by atoms with Crippen LogP contribution in [0.15, 0.2) is 54.9 Å². The zero-order valence-corrected chi connectivity index (χ0v) is 15.5. The zero-order valence-electron chi connectivity index (χ0n) is 15.5. The van der Waals surface area contributed by atoms with Crippen molar-refractivity contribution in [3.8, 4) is 0 Å². The Balaban J connectivity index is 1.52. The lowest BCUT2D eigenvalue weighted by Gasteiger charge is -2.44. The number of hydrogen-bond donors (Lipinski definition) is 1. The Labute approximate surface area is 163 Å². The van der Waals surface area contributed by atoms with Crippen molar-refractivity contribution in [3.05, 3.63) is 66.0 Å². The Bertz CT molecular complexity index is 835. The van der Waals surface area contributed by atoms with Crippen LogP contribution >= 0.6 is 0 Å². The number of carbonyl (C=O) groups excluding carboxylic acids is 1. The first-order valence-corrected chi connectivity index (χ1v) is 9.46. The third-order valence-corrected chi connectivity index (χ3v) is 5.58. The van der Waals surface area contributed by atoms with E-state index in [1.807, 2.05) is 18.2 Å². The van der Waals surface area contributed by atoms with Gasteiger partial charge in [-0.1, -0.05) is 30.3 Å². The van der Waals surface area contributed by atoms with Gasteiger partial charge in [0.2, 0.25) is 0 Å². The molecule has 2 saturated heterocycles. The summed E-state index contributed by atoms with van der Waals surface area (Å²) in [6.07, 6.45) is 4.24. The number of likely N-dealkylation sites (tertiary alicyclic amines) is 1. The molecule has 3 heterocycles. The number of carboxylic acid groups (broad SMARTS) is 1. The number of hydrogen-bond acceptors (Lipinski definition) is 5. The molecular formula is C21H23N3O4. The van der Waals surface area contributed by atoms with Gasteiger partial charge in [0, 0.05) is 50.4 Å². The van der Waals surface area contributed by atoms with E-state index in [1.165, 1.54) is 22.9 Å². The Kier molecular flexibility index (Phi) is 5.11. The standard InChI is InChI=1S/C21H23N3O4/c25-19(17-6-10-22-11-7-17)24-18(20(26)27)15-28-21(24)8-12-23(13-9-21)14-16-4-2-1-3-5-16/h1-7,10-11,18H,8-9,12-15H2,(H,26,27). The van der Waals surface area contributed by atoms with Crippen LogP contribution in [-0.4, -0.2) is 63.2 Å². The Hall–Kier alpha value is -2.77. The second kappa shape index (κ2) is 7.69. The summed E-state index contributed by atoms with van der Waals surface area (Å²) in [4.78, 5) is 32.6. The SMILES string of the molecule is O=C(O)C1COC2(CCN(Cc3ccccc3)CC2)N1C(=O)c1ccncc1.